The Morgan fingerprint density at radius 2 is 2.14 bits per heavy atom. The van der Waals surface area contributed by atoms with Crippen LogP contribution in [0.1, 0.15) is 50.3 Å². The Kier molecular flexibility index (Phi) is 3.72. The molecule has 1 aromatic rings. The van der Waals surface area contributed by atoms with E-state index in [2.05, 4.69) is 44.5 Å². The van der Waals surface area contributed by atoms with Gasteiger partial charge < -0.3 is 5.32 Å². The van der Waals surface area contributed by atoms with E-state index in [4.69, 9.17) is 0 Å². The molecule has 0 bridgehead atoms. The van der Waals surface area contributed by atoms with Crippen LogP contribution in [0.25, 0.3) is 0 Å². The minimum absolute atomic E-state index is 0.358. The van der Waals surface area contributed by atoms with Crippen LogP contribution in [0.2, 0.25) is 0 Å². The van der Waals surface area contributed by atoms with Crippen LogP contribution in [0.5, 0.6) is 0 Å². The normalized spacial score (nSPS) is 32.9. The Labute approximate surface area is 140 Å². The fourth-order valence-electron chi connectivity index (χ4n) is 4.42. The van der Waals surface area contributed by atoms with E-state index in [1.165, 1.54) is 61.0 Å². The molecule has 1 N–H and O–H groups in total. The molecule has 3 aliphatic rings. The molecule has 1 aliphatic heterocycles. The highest BCUT2D eigenvalue weighted by Gasteiger charge is 2.52. The molecule has 4 heteroatoms. The summed E-state index contributed by atoms with van der Waals surface area (Å²) in [6.07, 6.45) is 8.40. The second-order valence-electron chi connectivity index (χ2n) is 7.52. The van der Waals surface area contributed by atoms with Gasteiger partial charge in [0.25, 0.3) is 0 Å². The van der Waals surface area contributed by atoms with Crippen molar-refractivity contribution < 1.29 is 0 Å². The Balaban J connectivity index is 1.59. The molecule has 4 rings (SSSR count). The largest absolute Gasteiger partial charge is 0.308 e. The van der Waals surface area contributed by atoms with Gasteiger partial charge >= 0.3 is 0 Å². The van der Waals surface area contributed by atoms with Crippen LogP contribution < -0.4 is 5.32 Å². The summed E-state index contributed by atoms with van der Waals surface area (Å²) in [6.45, 7) is 6.04. The van der Waals surface area contributed by atoms with E-state index < -0.39 is 0 Å². The summed E-state index contributed by atoms with van der Waals surface area (Å²) in [6, 6.07) is 2.20. The van der Waals surface area contributed by atoms with Crippen LogP contribution >= 0.6 is 27.3 Å². The van der Waals surface area contributed by atoms with E-state index in [1.807, 2.05) is 11.3 Å². The van der Waals surface area contributed by atoms with Gasteiger partial charge in [-0.3, -0.25) is 4.90 Å². The summed E-state index contributed by atoms with van der Waals surface area (Å²) >= 11 is 5.62. The van der Waals surface area contributed by atoms with E-state index in [0.717, 1.165) is 12.5 Å². The molecule has 2 aliphatic carbocycles. The van der Waals surface area contributed by atoms with Crippen molar-refractivity contribution in [3.63, 3.8) is 0 Å². The third-order valence-corrected chi connectivity index (χ3v) is 7.99. The average molecular weight is 369 g/mol. The molecule has 116 valence electrons. The highest BCUT2D eigenvalue weighted by molar-refractivity contribution is 9.10. The zero-order valence-electron chi connectivity index (χ0n) is 12.8. The SMILES string of the molecule is CC1(C2CC2)CNC2(CCCC2)CN1Cc1sccc1Br. The molecule has 0 amide bonds. The summed E-state index contributed by atoms with van der Waals surface area (Å²) in [5, 5.41) is 6.19. The van der Waals surface area contributed by atoms with Crippen molar-refractivity contribution in [2.24, 2.45) is 5.92 Å². The lowest BCUT2D eigenvalue weighted by atomic mass is 9.83. The van der Waals surface area contributed by atoms with Gasteiger partial charge in [0.05, 0.1) is 0 Å². The minimum atomic E-state index is 0.358. The van der Waals surface area contributed by atoms with Crippen molar-refractivity contribution in [1.82, 2.24) is 10.2 Å². The molecular weight excluding hydrogens is 344 g/mol. The van der Waals surface area contributed by atoms with Gasteiger partial charge in [-0.25, -0.2) is 0 Å². The first-order chi connectivity index (χ1) is 10.1. The third-order valence-electron chi connectivity index (χ3n) is 6.08. The monoisotopic (exact) mass is 368 g/mol. The molecule has 3 fully saturated rings. The van der Waals surface area contributed by atoms with Crippen LogP contribution in [0.15, 0.2) is 15.9 Å². The number of halogens is 1. The van der Waals surface area contributed by atoms with Crippen LogP contribution in [-0.4, -0.2) is 29.1 Å². The van der Waals surface area contributed by atoms with E-state index in [9.17, 15) is 0 Å². The summed E-state index contributed by atoms with van der Waals surface area (Å²) in [7, 11) is 0. The van der Waals surface area contributed by atoms with Gasteiger partial charge in [0, 0.05) is 40.1 Å². The van der Waals surface area contributed by atoms with E-state index >= 15 is 0 Å². The molecule has 2 saturated carbocycles. The molecule has 1 unspecified atom stereocenters. The summed E-state index contributed by atoms with van der Waals surface area (Å²) in [5.41, 5.74) is 0.773. The van der Waals surface area contributed by atoms with Crippen LogP contribution in [0.4, 0.5) is 0 Å². The molecule has 0 radical (unpaired) electrons. The molecule has 2 nitrogen and oxygen atoms in total. The highest BCUT2D eigenvalue weighted by atomic mass is 79.9. The predicted octanol–water partition coefficient (Wildman–Crippen LogP) is 4.40. The smallest absolute Gasteiger partial charge is 0.0346 e. The number of nitrogens with one attached hydrogen (secondary N) is 1. The minimum Gasteiger partial charge on any atom is -0.308 e. The second kappa shape index (κ2) is 5.33. The van der Waals surface area contributed by atoms with Gasteiger partial charge in [-0.05, 0) is 65.9 Å². The molecule has 1 atom stereocenters. The lowest BCUT2D eigenvalue weighted by Gasteiger charge is -2.53. The fourth-order valence-corrected chi connectivity index (χ4v) is 5.91. The van der Waals surface area contributed by atoms with Crippen molar-refractivity contribution in [2.75, 3.05) is 13.1 Å². The standard InChI is InChI=1S/C17H25BrN2S/c1-16(13-4-5-13)11-19-17(7-2-3-8-17)12-20(16)10-15-14(18)6-9-21-15/h6,9,13,19H,2-5,7-8,10-12H2,1H3. The maximum Gasteiger partial charge on any atom is 0.0346 e. The lowest BCUT2D eigenvalue weighted by molar-refractivity contribution is -0.00322. The maximum atomic E-state index is 3.98. The number of nitrogens with zero attached hydrogens (tertiary/aromatic N) is 1. The van der Waals surface area contributed by atoms with Crippen molar-refractivity contribution in [3.05, 3.63) is 20.8 Å². The molecular formula is C17H25BrN2S. The average Bonchev–Trinajstić information content (AvgIpc) is 3.13. The first-order valence-electron chi connectivity index (χ1n) is 8.33. The number of piperazine rings is 1. The van der Waals surface area contributed by atoms with Crippen molar-refractivity contribution in [2.45, 2.75) is 63.1 Å². The summed E-state index contributed by atoms with van der Waals surface area (Å²) in [5.74, 6) is 0.905. The zero-order chi connectivity index (χ0) is 14.5. The Morgan fingerprint density at radius 3 is 2.76 bits per heavy atom. The molecule has 2 heterocycles. The van der Waals surface area contributed by atoms with Crippen LogP contribution in [0.3, 0.4) is 0 Å². The summed E-state index contributed by atoms with van der Waals surface area (Å²) < 4.78 is 1.30. The van der Waals surface area contributed by atoms with Crippen molar-refractivity contribution in [1.29, 1.82) is 0 Å². The van der Waals surface area contributed by atoms with Gasteiger partial charge in [0.15, 0.2) is 0 Å². The van der Waals surface area contributed by atoms with Crippen molar-refractivity contribution in [3.8, 4) is 0 Å². The van der Waals surface area contributed by atoms with Gasteiger partial charge in [0.2, 0.25) is 0 Å². The fraction of sp³-hybridized carbons (Fsp3) is 0.765. The first kappa shape index (κ1) is 14.7. The van der Waals surface area contributed by atoms with Gasteiger partial charge in [0.1, 0.15) is 0 Å². The Bertz CT molecular complexity index is 519. The quantitative estimate of drug-likeness (QED) is 0.850. The lowest BCUT2D eigenvalue weighted by Crippen LogP contribution is -2.68. The van der Waals surface area contributed by atoms with E-state index in [-0.39, 0.29) is 0 Å². The zero-order valence-corrected chi connectivity index (χ0v) is 15.2. The molecule has 1 aromatic heterocycles. The second-order valence-corrected chi connectivity index (χ2v) is 9.38. The topological polar surface area (TPSA) is 15.3 Å². The number of hydrogen-bond acceptors (Lipinski definition) is 3. The first-order valence-corrected chi connectivity index (χ1v) is 10.0. The molecule has 1 saturated heterocycles. The Morgan fingerprint density at radius 1 is 1.38 bits per heavy atom. The molecule has 21 heavy (non-hydrogen) atoms. The maximum absolute atomic E-state index is 3.98. The van der Waals surface area contributed by atoms with Crippen LogP contribution in [0, 0.1) is 5.92 Å². The number of hydrogen-bond donors (Lipinski definition) is 1. The third kappa shape index (κ3) is 2.62. The number of rotatable bonds is 3. The van der Waals surface area contributed by atoms with Crippen LogP contribution in [-0.2, 0) is 6.54 Å². The van der Waals surface area contributed by atoms with Gasteiger partial charge in [-0.15, -0.1) is 11.3 Å². The predicted molar refractivity (Wildman–Crippen MR) is 92.8 cm³/mol. The highest BCUT2D eigenvalue weighted by Crippen LogP contribution is 2.47. The van der Waals surface area contributed by atoms with E-state index in [1.54, 1.807) is 0 Å². The molecule has 0 aromatic carbocycles. The molecule has 1 spiro atoms. The Hall–Kier alpha value is 0.100. The van der Waals surface area contributed by atoms with Gasteiger partial charge in [-0.2, -0.15) is 0 Å². The van der Waals surface area contributed by atoms with E-state index in [0.29, 0.717) is 11.1 Å². The number of thiophene rings is 1. The van der Waals surface area contributed by atoms with Crippen molar-refractivity contribution >= 4 is 27.3 Å². The summed E-state index contributed by atoms with van der Waals surface area (Å²) in [4.78, 5) is 4.32. The van der Waals surface area contributed by atoms with Gasteiger partial charge in [-0.1, -0.05) is 12.8 Å².